The summed E-state index contributed by atoms with van der Waals surface area (Å²) in [5.41, 5.74) is 3.11. The molecule has 3 nitrogen and oxygen atoms in total. The fourth-order valence-corrected chi connectivity index (χ4v) is 2.59. The Morgan fingerprint density at radius 2 is 1.89 bits per heavy atom. The van der Waals surface area contributed by atoms with Crippen molar-refractivity contribution in [2.75, 3.05) is 0 Å². The summed E-state index contributed by atoms with van der Waals surface area (Å²) < 4.78 is 0. The Morgan fingerprint density at radius 1 is 1.16 bits per heavy atom. The smallest absolute Gasteiger partial charge is 0.272 e. The van der Waals surface area contributed by atoms with Crippen molar-refractivity contribution in [1.82, 2.24) is 9.88 Å². The van der Waals surface area contributed by atoms with Gasteiger partial charge in [-0.3, -0.25) is 9.78 Å². The average molecular weight is 252 g/mol. The Hall–Kier alpha value is -2.16. The van der Waals surface area contributed by atoms with Gasteiger partial charge in [-0.1, -0.05) is 30.3 Å². The molecule has 0 N–H and O–H groups in total. The Kier molecular flexibility index (Phi) is 3.03. The molecule has 0 radical (unpaired) electrons. The summed E-state index contributed by atoms with van der Waals surface area (Å²) >= 11 is 0. The first kappa shape index (κ1) is 11.9. The summed E-state index contributed by atoms with van der Waals surface area (Å²) in [6.45, 7) is 2.77. The highest BCUT2D eigenvalue weighted by Gasteiger charge is 2.27. The minimum Gasteiger partial charge on any atom is -0.330 e. The number of hydrogen-bond acceptors (Lipinski definition) is 2. The zero-order valence-corrected chi connectivity index (χ0v) is 10.9. The van der Waals surface area contributed by atoms with Gasteiger partial charge in [0.05, 0.1) is 0 Å². The van der Waals surface area contributed by atoms with E-state index >= 15 is 0 Å². The van der Waals surface area contributed by atoms with Crippen molar-refractivity contribution in [3.8, 4) is 0 Å². The molecule has 1 aromatic heterocycles. The summed E-state index contributed by atoms with van der Waals surface area (Å²) in [5.74, 6) is 0.0163. The number of aromatic nitrogens is 1. The predicted molar refractivity (Wildman–Crippen MR) is 73.7 cm³/mol. The molecular weight excluding hydrogens is 236 g/mol. The third kappa shape index (κ3) is 2.24. The molecule has 1 atom stereocenters. The lowest BCUT2D eigenvalue weighted by molar-refractivity contribution is 0.0652. The van der Waals surface area contributed by atoms with E-state index in [-0.39, 0.29) is 11.9 Å². The van der Waals surface area contributed by atoms with Gasteiger partial charge in [0.15, 0.2) is 0 Å². The first-order chi connectivity index (χ1) is 9.25. The number of pyridine rings is 1. The molecule has 0 saturated heterocycles. The molecule has 2 aromatic rings. The van der Waals surface area contributed by atoms with Crippen LogP contribution in [0.5, 0.6) is 0 Å². The Morgan fingerprint density at radius 3 is 2.63 bits per heavy atom. The van der Waals surface area contributed by atoms with Crippen molar-refractivity contribution in [1.29, 1.82) is 0 Å². The second kappa shape index (κ2) is 4.84. The van der Waals surface area contributed by atoms with Crippen LogP contribution in [-0.4, -0.2) is 21.8 Å². The van der Waals surface area contributed by atoms with E-state index in [0.717, 1.165) is 6.42 Å². The highest BCUT2D eigenvalue weighted by Crippen LogP contribution is 2.24. The zero-order chi connectivity index (χ0) is 13.2. The fourth-order valence-electron chi connectivity index (χ4n) is 2.59. The lowest BCUT2D eigenvalue weighted by atomic mass is 9.94. The van der Waals surface area contributed by atoms with E-state index in [4.69, 9.17) is 0 Å². The molecule has 3 rings (SSSR count). The maximum absolute atomic E-state index is 12.5. The Labute approximate surface area is 112 Å². The second-order valence-electron chi connectivity index (χ2n) is 4.97. The van der Waals surface area contributed by atoms with Gasteiger partial charge in [-0.2, -0.15) is 0 Å². The molecule has 1 aromatic carbocycles. The van der Waals surface area contributed by atoms with Crippen LogP contribution in [0, 0.1) is 0 Å². The minimum atomic E-state index is 0.0163. The van der Waals surface area contributed by atoms with Crippen molar-refractivity contribution in [3.05, 3.63) is 65.5 Å². The summed E-state index contributed by atoms with van der Waals surface area (Å²) in [5, 5.41) is 0. The molecular formula is C16H16N2O. The molecule has 3 heteroatoms. The Balaban J connectivity index is 1.89. The largest absolute Gasteiger partial charge is 0.330 e. The number of carbonyl (C=O) groups is 1. The molecule has 19 heavy (non-hydrogen) atoms. The van der Waals surface area contributed by atoms with Crippen LogP contribution in [-0.2, 0) is 13.0 Å². The molecule has 1 aliphatic heterocycles. The number of carbonyl (C=O) groups excluding carboxylic acids is 1. The van der Waals surface area contributed by atoms with Gasteiger partial charge in [0.25, 0.3) is 5.91 Å². The lowest BCUT2D eigenvalue weighted by Gasteiger charge is -2.34. The van der Waals surface area contributed by atoms with E-state index < -0.39 is 0 Å². The van der Waals surface area contributed by atoms with Crippen molar-refractivity contribution >= 4 is 5.91 Å². The van der Waals surface area contributed by atoms with Crippen LogP contribution in [0.2, 0.25) is 0 Å². The third-order valence-corrected chi connectivity index (χ3v) is 3.65. The molecule has 1 unspecified atom stereocenters. The van der Waals surface area contributed by atoms with Crippen molar-refractivity contribution in [2.24, 2.45) is 0 Å². The monoisotopic (exact) mass is 252 g/mol. The van der Waals surface area contributed by atoms with Gasteiger partial charge >= 0.3 is 0 Å². The molecule has 0 bridgehead atoms. The lowest BCUT2D eigenvalue weighted by Crippen LogP contribution is -2.42. The van der Waals surface area contributed by atoms with E-state index in [1.807, 2.05) is 23.1 Å². The SMILES string of the molecule is CC1Cc2ccccc2CN1C(=O)c1ccccn1. The van der Waals surface area contributed by atoms with Gasteiger partial charge in [0.1, 0.15) is 5.69 Å². The average Bonchev–Trinajstić information content (AvgIpc) is 2.47. The quantitative estimate of drug-likeness (QED) is 0.781. The summed E-state index contributed by atoms with van der Waals surface area (Å²) in [6.07, 6.45) is 2.57. The highest BCUT2D eigenvalue weighted by atomic mass is 16.2. The van der Waals surface area contributed by atoms with Crippen LogP contribution >= 0.6 is 0 Å². The Bertz CT molecular complexity index is 595. The summed E-state index contributed by atoms with van der Waals surface area (Å²) in [6, 6.07) is 14.0. The van der Waals surface area contributed by atoms with E-state index in [1.165, 1.54) is 11.1 Å². The number of nitrogens with zero attached hydrogens (tertiary/aromatic N) is 2. The fraction of sp³-hybridized carbons (Fsp3) is 0.250. The van der Waals surface area contributed by atoms with Crippen LogP contribution in [0.3, 0.4) is 0 Å². The maximum atomic E-state index is 12.5. The highest BCUT2D eigenvalue weighted by molar-refractivity contribution is 5.92. The first-order valence-electron chi connectivity index (χ1n) is 6.54. The molecule has 0 saturated carbocycles. The molecule has 1 amide bonds. The van der Waals surface area contributed by atoms with E-state index in [1.54, 1.807) is 12.3 Å². The van der Waals surface area contributed by atoms with E-state index in [2.05, 4.69) is 30.1 Å². The van der Waals surface area contributed by atoms with Crippen molar-refractivity contribution in [3.63, 3.8) is 0 Å². The standard InChI is InChI=1S/C16H16N2O/c1-12-10-13-6-2-3-7-14(13)11-18(12)16(19)15-8-4-5-9-17-15/h2-9,12H,10-11H2,1H3. The molecule has 0 spiro atoms. The molecule has 96 valence electrons. The number of amides is 1. The molecule has 2 heterocycles. The predicted octanol–water partition coefficient (Wildman–Crippen LogP) is 2.67. The van der Waals surface area contributed by atoms with Gasteiger partial charge in [0.2, 0.25) is 0 Å². The van der Waals surface area contributed by atoms with Crippen molar-refractivity contribution < 1.29 is 4.79 Å². The summed E-state index contributed by atoms with van der Waals surface area (Å²) in [4.78, 5) is 18.5. The first-order valence-corrected chi connectivity index (χ1v) is 6.54. The van der Waals surface area contributed by atoms with Crippen LogP contribution in [0.4, 0.5) is 0 Å². The van der Waals surface area contributed by atoms with Crippen LogP contribution < -0.4 is 0 Å². The van der Waals surface area contributed by atoms with E-state index in [0.29, 0.717) is 12.2 Å². The number of benzene rings is 1. The number of rotatable bonds is 1. The summed E-state index contributed by atoms with van der Waals surface area (Å²) in [7, 11) is 0. The van der Waals surface area contributed by atoms with Gasteiger partial charge in [-0.25, -0.2) is 0 Å². The van der Waals surface area contributed by atoms with Gasteiger partial charge in [-0.05, 0) is 36.6 Å². The van der Waals surface area contributed by atoms with Gasteiger partial charge < -0.3 is 4.90 Å². The normalized spacial score (nSPS) is 17.9. The topological polar surface area (TPSA) is 33.2 Å². The molecule has 1 aliphatic rings. The molecule has 0 fully saturated rings. The van der Waals surface area contributed by atoms with Crippen LogP contribution in [0.15, 0.2) is 48.7 Å². The van der Waals surface area contributed by atoms with Crippen LogP contribution in [0.1, 0.15) is 28.5 Å². The number of hydrogen-bond donors (Lipinski definition) is 0. The third-order valence-electron chi connectivity index (χ3n) is 3.65. The second-order valence-corrected chi connectivity index (χ2v) is 4.97. The zero-order valence-electron chi connectivity index (χ0n) is 10.9. The van der Waals surface area contributed by atoms with Crippen LogP contribution in [0.25, 0.3) is 0 Å². The van der Waals surface area contributed by atoms with E-state index in [9.17, 15) is 4.79 Å². The minimum absolute atomic E-state index is 0.0163. The van der Waals surface area contributed by atoms with Gasteiger partial charge in [0, 0.05) is 18.8 Å². The van der Waals surface area contributed by atoms with Crippen molar-refractivity contribution in [2.45, 2.75) is 25.9 Å². The maximum Gasteiger partial charge on any atom is 0.272 e. The van der Waals surface area contributed by atoms with Gasteiger partial charge in [-0.15, -0.1) is 0 Å². The number of fused-ring (bicyclic) bond motifs is 1. The molecule has 0 aliphatic carbocycles.